The highest BCUT2D eigenvalue weighted by molar-refractivity contribution is 9.10. The molecule has 0 saturated heterocycles. The van der Waals surface area contributed by atoms with E-state index in [1.165, 1.54) is 34.2 Å². The molecule has 1 aliphatic carbocycles. The lowest BCUT2D eigenvalue weighted by Crippen LogP contribution is -2.30. The molecule has 1 atom stereocenters. The summed E-state index contributed by atoms with van der Waals surface area (Å²) in [6, 6.07) is 16.9. The smallest absolute Gasteiger partial charge is 0.250 e. The standard InChI is InChI=1S/C25H25BrN2O/c1-16-23(21-12-5-6-13-22(21)27(16)2)24-19-10-3-4-11-20(19)25(29)28(24)15-17-8-7-9-18(26)14-17/h5-9,12-14,24H,3-4,10-11,15H2,1-2H3. The summed E-state index contributed by atoms with van der Waals surface area (Å²) >= 11 is 3.58. The van der Waals surface area contributed by atoms with Gasteiger partial charge in [-0.2, -0.15) is 0 Å². The summed E-state index contributed by atoms with van der Waals surface area (Å²) < 4.78 is 3.32. The first-order chi connectivity index (χ1) is 14.1. The maximum Gasteiger partial charge on any atom is 0.250 e. The van der Waals surface area contributed by atoms with Crippen LogP contribution in [0.4, 0.5) is 0 Å². The number of hydrogen-bond acceptors (Lipinski definition) is 1. The molecule has 0 fully saturated rings. The van der Waals surface area contributed by atoms with Gasteiger partial charge in [-0.1, -0.05) is 46.3 Å². The van der Waals surface area contributed by atoms with E-state index in [4.69, 9.17) is 0 Å². The molecule has 0 saturated carbocycles. The summed E-state index contributed by atoms with van der Waals surface area (Å²) in [4.78, 5) is 15.6. The number of hydrogen-bond donors (Lipinski definition) is 0. The molecule has 2 aromatic carbocycles. The minimum atomic E-state index is 0.0443. The van der Waals surface area contributed by atoms with Crippen molar-refractivity contribution < 1.29 is 4.79 Å². The van der Waals surface area contributed by atoms with E-state index in [2.05, 4.69) is 75.8 Å². The molecule has 4 heteroatoms. The number of amides is 1. The minimum absolute atomic E-state index is 0.0443. The SMILES string of the molecule is Cc1c(C2C3=C(CCCC3)C(=O)N2Cc2cccc(Br)c2)c2ccccc2n1C. The van der Waals surface area contributed by atoms with Crippen molar-refractivity contribution in [2.45, 2.75) is 45.2 Å². The van der Waals surface area contributed by atoms with Gasteiger partial charge in [-0.15, -0.1) is 0 Å². The van der Waals surface area contributed by atoms with Gasteiger partial charge in [-0.05, 0) is 61.9 Å². The van der Waals surface area contributed by atoms with Crippen molar-refractivity contribution in [2.75, 3.05) is 0 Å². The number of halogens is 1. The van der Waals surface area contributed by atoms with Crippen LogP contribution < -0.4 is 0 Å². The Morgan fingerprint density at radius 2 is 1.86 bits per heavy atom. The molecule has 3 nitrogen and oxygen atoms in total. The van der Waals surface area contributed by atoms with Crippen LogP contribution in [0, 0.1) is 6.92 Å². The lowest BCUT2D eigenvalue weighted by molar-refractivity contribution is -0.127. The van der Waals surface area contributed by atoms with Crippen LogP contribution in [0.25, 0.3) is 10.9 Å². The summed E-state index contributed by atoms with van der Waals surface area (Å²) in [5.74, 6) is 0.233. The van der Waals surface area contributed by atoms with Gasteiger partial charge in [0.15, 0.2) is 0 Å². The number of carbonyl (C=O) groups is 1. The first kappa shape index (κ1) is 18.7. The van der Waals surface area contributed by atoms with Gasteiger partial charge in [-0.3, -0.25) is 4.79 Å². The van der Waals surface area contributed by atoms with Gasteiger partial charge in [0.05, 0.1) is 6.04 Å². The summed E-state index contributed by atoms with van der Waals surface area (Å²) in [6.45, 7) is 2.83. The van der Waals surface area contributed by atoms with Crippen molar-refractivity contribution in [2.24, 2.45) is 7.05 Å². The van der Waals surface area contributed by atoms with Crippen LogP contribution in [0.5, 0.6) is 0 Å². The Balaban J connectivity index is 1.68. The van der Waals surface area contributed by atoms with Crippen LogP contribution in [0.15, 0.2) is 64.1 Å². The summed E-state index contributed by atoms with van der Waals surface area (Å²) in [5, 5.41) is 1.27. The van der Waals surface area contributed by atoms with Crippen molar-refractivity contribution in [1.29, 1.82) is 0 Å². The van der Waals surface area contributed by atoms with Crippen LogP contribution in [-0.4, -0.2) is 15.4 Å². The molecule has 0 radical (unpaired) electrons. The molecule has 1 amide bonds. The van der Waals surface area contributed by atoms with Crippen molar-refractivity contribution >= 4 is 32.7 Å². The molecule has 29 heavy (non-hydrogen) atoms. The number of para-hydroxylation sites is 1. The quantitative estimate of drug-likeness (QED) is 0.467. The van der Waals surface area contributed by atoms with Gasteiger partial charge in [0.25, 0.3) is 5.91 Å². The lowest BCUT2D eigenvalue weighted by atomic mass is 9.86. The van der Waals surface area contributed by atoms with Crippen molar-refractivity contribution in [3.8, 4) is 0 Å². The van der Waals surface area contributed by atoms with Crippen molar-refractivity contribution in [1.82, 2.24) is 9.47 Å². The van der Waals surface area contributed by atoms with Crippen LogP contribution >= 0.6 is 15.9 Å². The van der Waals surface area contributed by atoms with Gasteiger partial charge < -0.3 is 9.47 Å². The molecule has 1 aromatic heterocycles. The Kier molecular flexibility index (Phi) is 4.62. The van der Waals surface area contributed by atoms with E-state index < -0.39 is 0 Å². The second-order valence-corrected chi connectivity index (χ2v) is 9.17. The zero-order valence-electron chi connectivity index (χ0n) is 16.9. The lowest BCUT2D eigenvalue weighted by Gasteiger charge is -2.28. The number of fused-ring (bicyclic) bond motifs is 1. The maximum atomic E-state index is 13.5. The van der Waals surface area contributed by atoms with Crippen LogP contribution in [-0.2, 0) is 18.4 Å². The zero-order chi connectivity index (χ0) is 20.1. The second kappa shape index (κ2) is 7.17. The van der Waals surface area contributed by atoms with Crippen LogP contribution in [0.2, 0.25) is 0 Å². The highest BCUT2D eigenvalue weighted by atomic mass is 79.9. The Labute approximate surface area is 180 Å². The fraction of sp³-hybridized carbons (Fsp3) is 0.320. The highest BCUT2D eigenvalue weighted by Crippen LogP contribution is 2.48. The fourth-order valence-electron chi connectivity index (χ4n) is 5.17. The number of aromatic nitrogens is 1. The molecular formula is C25H25BrN2O. The fourth-order valence-corrected chi connectivity index (χ4v) is 5.62. The molecule has 0 spiro atoms. The molecule has 0 bridgehead atoms. The number of benzene rings is 2. The first-order valence-corrected chi connectivity index (χ1v) is 11.2. The summed E-state index contributed by atoms with van der Waals surface area (Å²) in [7, 11) is 2.13. The van der Waals surface area contributed by atoms with Gasteiger partial charge in [0.2, 0.25) is 0 Å². The number of rotatable bonds is 3. The largest absolute Gasteiger partial charge is 0.348 e. The third kappa shape index (κ3) is 2.96. The van der Waals surface area contributed by atoms with Gasteiger partial charge in [0.1, 0.15) is 0 Å². The molecule has 2 heterocycles. The summed E-state index contributed by atoms with van der Waals surface area (Å²) in [5.41, 5.74) is 7.38. The molecule has 2 aliphatic rings. The number of carbonyl (C=O) groups excluding carboxylic acids is 1. The molecule has 0 N–H and O–H groups in total. The molecule has 148 valence electrons. The first-order valence-electron chi connectivity index (χ1n) is 10.4. The van der Waals surface area contributed by atoms with E-state index in [9.17, 15) is 4.79 Å². The van der Waals surface area contributed by atoms with E-state index >= 15 is 0 Å². The highest BCUT2D eigenvalue weighted by Gasteiger charge is 2.42. The molecule has 1 unspecified atom stereocenters. The normalized spacial score (nSPS) is 19.3. The maximum absolute atomic E-state index is 13.5. The Morgan fingerprint density at radius 1 is 1.07 bits per heavy atom. The average Bonchev–Trinajstić information content (AvgIpc) is 3.14. The molecular weight excluding hydrogens is 424 g/mol. The molecule has 1 aliphatic heterocycles. The third-order valence-electron chi connectivity index (χ3n) is 6.64. The van der Waals surface area contributed by atoms with Gasteiger partial charge >= 0.3 is 0 Å². The minimum Gasteiger partial charge on any atom is -0.348 e. The predicted octanol–water partition coefficient (Wildman–Crippen LogP) is 6.20. The Hall–Kier alpha value is -2.33. The number of nitrogens with zero attached hydrogens (tertiary/aromatic N) is 2. The molecule has 3 aromatic rings. The van der Waals surface area contributed by atoms with Gasteiger partial charge in [-0.25, -0.2) is 0 Å². The van der Waals surface area contributed by atoms with Crippen molar-refractivity contribution in [3.63, 3.8) is 0 Å². The average molecular weight is 449 g/mol. The van der Waals surface area contributed by atoms with Crippen LogP contribution in [0.1, 0.15) is 48.5 Å². The van der Waals surface area contributed by atoms with Crippen LogP contribution in [0.3, 0.4) is 0 Å². The third-order valence-corrected chi connectivity index (χ3v) is 7.13. The van der Waals surface area contributed by atoms with Gasteiger partial charge in [0, 0.05) is 45.8 Å². The predicted molar refractivity (Wildman–Crippen MR) is 121 cm³/mol. The number of aryl methyl sites for hydroxylation is 1. The summed E-state index contributed by atoms with van der Waals surface area (Å²) in [6.07, 6.45) is 4.25. The van der Waals surface area contributed by atoms with E-state index in [0.29, 0.717) is 6.54 Å². The van der Waals surface area contributed by atoms with Crippen molar-refractivity contribution in [3.05, 3.63) is 81.0 Å². The Bertz CT molecular complexity index is 1160. The van der Waals surface area contributed by atoms with E-state index in [-0.39, 0.29) is 11.9 Å². The van der Waals surface area contributed by atoms with E-state index in [1.54, 1.807) is 0 Å². The van der Waals surface area contributed by atoms with E-state index in [0.717, 1.165) is 34.9 Å². The van der Waals surface area contributed by atoms with E-state index in [1.807, 2.05) is 12.1 Å². The second-order valence-electron chi connectivity index (χ2n) is 8.25. The monoisotopic (exact) mass is 448 g/mol. The Morgan fingerprint density at radius 3 is 2.69 bits per heavy atom. The zero-order valence-corrected chi connectivity index (χ0v) is 18.5. The topological polar surface area (TPSA) is 25.2 Å². The molecule has 5 rings (SSSR count).